The Morgan fingerprint density at radius 2 is 2.47 bits per heavy atom. The molecule has 1 aliphatic rings. The van der Waals surface area contributed by atoms with Gasteiger partial charge in [-0.3, -0.25) is 9.89 Å². The molecule has 0 saturated carbocycles. The SMILES string of the molecule is Cc1nc(C(=O)N2CCC[C@H](O)C2)n[nH]1. The highest BCUT2D eigenvalue weighted by Crippen LogP contribution is 2.11. The van der Waals surface area contributed by atoms with Crippen LogP contribution >= 0.6 is 0 Å². The van der Waals surface area contributed by atoms with Crippen LogP contribution in [0.2, 0.25) is 0 Å². The molecule has 1 aliphatic heterocycles. The standard InChI is InChI=1S/C9H14N4O2/c1-6-10-8(12-11-6)9(15)13-4-2-3-7(14)5-13/h7,14H,2-5H2,1H3,(H,10,11,12)/t7-/m0/s1. The summed E-state index contributed by atoms with van der Waals surface area (Å²) in [6.07, 6.45) is 1.18. The van der Waals surface area contributed by atoms with Crippen LogP contribution in [0, 0.1) is 6.92 Å². The molecule has 2 N–H and O–H groups in total. The second-order valence-corrected chi connectivity index (χ2v) is 3.79. The van der Waals surface area contributed by atoms with Gasteiger partial charge >= 0.3 is 0 Å². The molecule has 1 saturated heterocycles. The van der Waals surface area contributed by atoms with Crippen LogP contribution in [0.15, 0.2) is 0 Å². The maximum Gasteiger partial charge on any atom is 0.293 e. The summed E-state index contributed by atoms with van der Waals surface area (Å²) in [6, 6.07) is 0. The van der Waals surface area contributed by atoms with Gasteiger partial charge in [0, 0.05) is 13.1 Å². The molecule has 1 aromatic rings. The predicted octanol–water partition coefficient (Wildman–Crippen LogP) is -0.290. The Morgan fingerprint density at radius 1 is 1.67 bits per heavy atom. The third-order valence-corrected chi connectivity index (χ3v) is 2.47. The van der Waals surface area contributed by atoms with Crippen molar-refractivity contribution < 1.29 is 9.90 Å². The normalized spacial score (nSPS) is 21.7. The van der Waals surface area contributed by atoms with E-state index in [0.29, 0.717) is 18.9 Å². The van der Waals surface area contributed by atoms with Gasteiger partial charge in [0.15, 0.2) is 0 Å². The van der Waals surface area contributed by atoms with Gasteiger partial charge in [0.1, 0.15) is 5.82 Å². The highest BCUT2D eigenvalue weighted by atomic mass is 16.3. The van der Waals surface area contributed by atoms with Gasteiger partial charge in [-0.15, -0.1) is 5.10 Å². The lowest BCUT2D eigenvalue weighted by Crippen LogP contribution is -2.42. The van der Waals surface area contributed by atoms with Gasteiger partial charge in [-0.2, -0.15) is 0 Å². The maximum absolute atomic E-state index is 11.8. The van der Waals surface area contributed by atoms with E-state index in [1.54, 1.807) is 11.8 Å². The smallest absolute Gasteiger partial charge is 0.293 e. The largest absolute Gasteiger partial charge is 0.391 e. The number of amides is 1. The molecule has 1 fully saturated rings. The van der Waals surface area contributed by atoms with Crippen LogP contribution in [0.5, 0.6) is 0 Å². The average Bonchev–Trinajstić information content (AvgIpc) is 2.64. The van der Waals surface area contributed by atoms with Crippen molar-refractivity contribution in [3.63, 3.8) is 0 Å². The Kier molecular flexibility index (Phi) is 2.68. The quantitative estimate of drug-likeness (QED) is 0.667. The van der Waals surface area contributed by atoms with Crippen LogP contribution in [0.3, 0.4) is 0 Å². The van der Waals surface area contributed by atoms with Crippen LogP contribution in [0.1, 0.15) is 29.3 Å². The molecule has 15 heavy (non-hydrogen) atoms. The van der Waals surface area contributed by atoms with Crippen molar-refractivity contribution in [1.29, 1.82) is 0 Å². The van der Waals surface area contributed by atoms with Gasteiger partial charge in [0.25, 0.3) is 5.91 Å². The summed E-state index contributed by atoms with van der Waals surface area (Å²) in [5.74, 6) is 0.593. The van der Waals surface area contributed by atoms with Crippen molar-refractivity contribution in [1.82, 2.24) is 20.1 Å². The van der Waals surface area contributed by atoms with Gasteiger partial charge in [0.05, 0.1) is 6.10 Å². The first-order chi connectivity index (χ1) is 7.16. The number of nitrogens with one attached hydrogen (secondary N) is 1. The maximum atomic E-state index is 11.8. The van der Waals surface area contributed by atoms with E-state index in [0.717, 1.165) is 12.8 Å². The van der Waals surface area contributed by atoms with Gasteiger partial charge in [0.2, 0.25) is 5.82 Å². The van der Waals surface area contributed by atoms with Crippen molar-refractivity contribution in [3.8, 4) is 0 Å². The average molecular weight is 210 g/mol. The van der Waals surface area contributed by atoms with Gasteiger partial charge in [-0.05, 0) is 19.8 Å². The van der Waals surface area contributed by atoms with Crippen LogP contribution in [0.4, 0.5) is 0 Å². The molecule has 0 aliphatic carbocycles. The Morgan fingerprint density at radius 3 is 3.07 bits per heavy atom. The number of nitrogens with zero attached hydrogens (tertiary/aromatic N) is 3. The number of likely N-dealkylation sites (tertiary alicyclic amines) is 1. The first-order valence-electron chi connectivity index (χ1n) is 5.03. The van der Waals surface area contributed by atoms with Crippen LogP contribution in [0.25, 0.3) is 0 Å². The predicted molar refractivity (Wildman–Crippen MR) is 52.3 cm³/mol. The van der Waals surface area contributed by atoms with Crippen molar-refractivity contribution in [2.24, 2.45) is 0 Å². The molecule has 6 nitrogen and oxygen atoms in total. The van der Waals surface area contributed by atoms with E-state index in [4.69, 9.17) is 0 Å². The molecule has 0 radical (unpaired) electrons. The number of β-amino-alcohol motifs (C(OH)–C–C–N with tert-alkyl or cyclic N) is 1. The Bertz CT molecular complexity index is 363. The fourth-order valence-electron chi connectivity index (χ4n) is 1.72. The Balaban J connectivity index is 2.07. The number of aryl methyl sites for hydroxylation is 1. The third kappa shape index (κ3) is 2.15. The highest BCUT2D eigenvalue weighted by Gasteiger charge is 2.25. The zero-order valence-corrected chi connectivity index (χ0v) is 8.60. The van der Waals surface area contributed by atoms with Crippen LogP contribution in [-0.2, 0) is 0 Å². The number of aromatic nitrogens is 3. The minimum atomic E-state index is -0.414. The molecule has 0 aromatic carbocycles. The number of hydrogen-bond acceptors (Lipinski definition) is 4. The molecule has 0 unspecified atom stereocenters. The second kappa shape index (κ2) is 3.98. The summed E-state index contributed by atoms with van der Waals surface area (Å²) in [4.78, 5) is 17.4. The fourth-order valence-corrected chi connectivity index (χ4v) is 1.72. The van der Waals surface area contributed by atoms with Gasteiger partial charge in [-0.25, -0.2) is 4.98 Å². The second-order valence-electron chi connectivity index (χ2n) is 3.79. The number of aliphatic hydroxyl groups excluding tert-OH is 1. The lowest BCUT2D eigenvalue weighted by molar-refractivity contribution is 0.0464. The third-order valence-electron chi connectivity index (χ3n) is 2.47. The summed E-state index contributed by atoms with van der Waals surface area (Å²) in [6.45, 7) is 2.80. The number of rotatable bonds is 1. The number of aliphatic hydroxyl groups is 1. The molecule has 2 rings (SSSR count). The molecule has 1 amide bonds. The van der Waals surface area contributed by atoms with Crippen molar-refractivity contribution in [2.45, 2.75) is 25.9 Å². The van der Waals surface area contributed by atoms with Crippen molar-refractivity contribution in [2.75, 3.05) is 13.1 Å². The molecule has 0 spiro atoms. The molecule has 82 valence electrons. The van der Waals surface area contributed by atoms with E-state index in [9.17, 15) is 9.90 Å². The van der Waals surface area contributed by atoms with E-state index >= 15 is 0 Å². The van der Waals surface area contributed by atoms with Crippen LogP contribution < -0.4 is 0 Å². The highest BCUT2D eigenvalue weighted by molar-refractivity contribution is 5.90. The minimum absolute atomic E-state index is 0.182. The molecular formula is C9H14N4O2. The number of aromatic amines is 1. The number of hydrogen-bond donors (Lipinski definition) is 2. The van der Waals surface area contributed by atoms with E-state index in [-0.39, 0.29) is 11.7 Å². The summed E-state index contributed by atoms with van der Waals surface area (Å²) < 4.78 is 0. The molecule has 1 atom stereocenters. The first kappa shape index (κ1) is 10.1. The number of carbonyl (C=O) groups excluding carboxylic acids is 1. The lowest BCUT2D eigenvalue weighted by atomic mass is 10.1. The number of H-pyrrole nitrogens is 1. The molecule has 6 heteroatoms. The minimum Gasteiger partial charge on any atom is -0.391 e. The van der Waals surface area contributed by atoms with E-state index in [1.807, 2.05) is 0 Å². The van der Waals surface area contributed by atoms with Gasteiger partial charge in [-0.1, -0.05) is 0 Å². The Labute approximate surface area is 87.3 Å². The summed E-state index contributed by atoms with van der Waals surface area (Å²) in [5, 5.41) is 15.9. The first-order valence-corrected chi connectivity index (χ1v) is 5.03. The monoisotopic (exact) mass is 210 g/mol. The summed E-state index contributed by atoms with van der Waals surface area (Å²) in [5.41, 5.74) is 0. The van der Waals surface area contributed by atoms with E-state index < -0.39 is 6.10 Å². The number of piperidine rings is 1. The van der Waals surface area contributed by atoms with Crippen molar-refractivity contribution in [3.05, 3.63) is 11.6 Å². The molecular weight excluding hydrogens is 196 g/mol. The van der Waals surface area contributed by atoms with Crippen LogP contribution in [-0.4, -0.2) is 50.3 Å². The van der Waals surface area contributed by atoms with E-state index in [1.165, 1.54) is 0 Å². The molecule has 2 heterocycles. The zero-order valence-electron chi connectivity index (χ0n) is 8.60. The molecule has 1 aromatic heterocycles. The molecule has 0 bridgehead atoms. The van der Waals surface area contributed by atoms with Gasteiger partial charge < -0.3 is 10.0 Å². The van der Waals surface area contributed by atoms with E-state index in [2.05, 4.69) is 15.2 Å². The Hall–Kier alpha value is -1.43. The summed E-state index contributed by atoms with van der Waals surface area (Å²) >= 11 is 0. The zero-order chi connectivity index (χ0) is 10.8. The van der Waals surface area contributed by atoms with Crippen molar-refractivity contribution >= 4 is 5.91 Å². The summed E-state index contributed by atoms with van der Waals surface area (Å²) in [7, 11) is 0. The lowest BCUT2D eigenvalue weighted by Gasteiger charge is -2.29. The number of carbonyl (C=O) groups is 1. The fraction of sp³-hybridized carbons (Fsp3) is 0.667. The topological polar surface area (TPSA) is 82.1 Å².